The van der Waals surface area contributed by atoms with E-state index < -0.39 is 6.09 Å². The summed E-state index contributed by atoms with van der Waals surface area (Å²) in [6, 6.07) is 32.4. The van der Waals surface area contributed by atoms with Crippen molar-refractivity contribution >= 4 is 22.6 Å². The molecule has 1 saturated heterocycles. The number of oxime groups is 1. The molecular weight excluding hydrogens is 516 g/mol. The van der Waals surface area contributed by atoms with E-state index in [0.29, 0.717) is 44.9 Å². The van der Waals surface area contributed by atoms with Crippen molar-refractivity contribution in [3.63, 3.8) is 0 Å². The predicted octanol–water partition coefficient (Wildman–Crippen LogP) is 6.98. The zero-order valence-electron chi connectivity index (χ0n) is 23.1. The third kappa shape index (κ3) is 7.44. The highest BCUT2D eigenvalue weighted by Crippen LogP contribution is 2.36. The molecule has 7 heteroatoms. The van der Waals surface area contributed by atoms with Crippen LogP contribution in [-0.4, -0.2) is 53.3 Å². The molecule has 212 valence electrons. The Bertz CT molecular complexity index is 1460. The van der Waals surface area contributed by atoms with Crippen molar-refractivity contribution in [2.75, 3.05) is 26.3 Å². The lowest BCUT2D eigenvalue weighted by Gasteiger charge is -2.38. The molecule has 0 radical (unpaired) electrons. The van der Waals surface area contributed by atoms with E-state index in [4.69, 9.17) is 9.47 Å². The van der Waals surface area contributed by atoms with Crippen LogP contribution in [0.25, 0.3) is 10.8 Å². The number of likely N-dealkylation sites (tertiary alicyclic amines) is 1. The number of amides is 1. The van der Waals surface area contributed by atoms with Gasteiger partial charge in [-0.1, -0.05) is 90.1 Å². The van der Waals surface area contributed by atoms with E-state index in [0.717, 1.165) is 39.6 Å². The molecule has 4 aromatic carbocycles. The zero-order chi connectivity index (χ0) is 28.4. The first-order valence-corrected chi connectivity index (χ1v) is 14.1. The molecule has 2 unspecified atom stereocenters. The molecule has 5 rings (SSSR count). The van der Waals surface area contributed by atoms with Crippen LogP contribution < -0.4 is 4.74 Å². The smallest absolute Gasteiger partial charge is 0.407 e. The van der Waals surface area contributed by atoms with E-state index in [1.54, 1.807) is 0 Å². The maximum atomic E-state index is 11.8. The number of nitrogens with zero attached hydrogens (tertiary/aromatic N) is 2. The van der Waals surface area contributed by atoms with E-state index in [1.165, 1.54) is 4.90 Å². The lowest BCUT2D eigenvalue weighted by atomic mass is 9.76. The van der Waals surface area contributed by atoms with Crippen LogP contribution in [0.4, 0.5) is 4.79 Å². The Labute approximate surface area is 240 Å². The fraction of sp³-hybridized carbons (Fsp3) is 0.294. The van der Waals surface area contributed by atoms with Crippen molar-refractivity contribution in [1.29, 1.82) is 0 Å². The lowest BCUT2D eigenvalue weighted by molar-refractivity contribution is 0.107. The van der Waals surface area contributed by atoms with Gasteiger partial charge in [0.15, 0.2) is 0 Å². The summed E-state index contributed by atoms with van der Waals surface area (Å²) in [6.07, 6.45) is 0.930. The minimum absolute atomic E-state index is 0.0254. The molecule has 2 N–H and O–H groups in total. The van der Waals surface area contributed by atoms with Gasteiger partial charge in [0.05, 0.1) is 25.5 Å². The molecule has 2 atom stereocenters. The lowest BCUT2D eigenvalue weighted by Crippen LogP contribution is -2.45. The number of benzene rings is 4. The number of carbonyl (C=O) groups is 1. The Hall–Kier alpha value is -4.36. The summed E-state index contributed by atoms with van der Waals surface area (Å²) in [4.78, 5) is 13.3. The molecule has 0 spiro atoms. The van der Waals surface area contributed by atoms with Gasteiger partial charge >= 0.3 is 6.09 Å². The van der Waals surface area contributed by atoms with Gasteiger partial charge in [0.1, 0.15) is 5.75 Å². The van der Waals surface area contributed by atoms with Gasteiger partial charge in [-0.05, 0) is 51.9 Å². The fourth-order valence-corrected chi connectivity index (χ4v) is 5.59. The van der Waals surface area contributed by atoms with E-state index in [2.05, 4.69) is 29.4 Å². The summed E-state index contributed by atoms with van der Waals surface area (Å²) in [5.74, 6) is 0.561. The van der Waals surface area contributed by atoms with Gasteiger partial charge < -0.3 is 24.7 Å². The van der Waals surface area contributed by atoms with Gasteiger partial charge in [0.25, 0.3) is 0 Å². The minimum Gasteiger partial charge on any atom is -0.494 e. The first-order valence-electron chi connectivity index (χ1n) is 14.1. The van der Waals surface area contributed by atoms with Crippen molar-refractivity contribution < 1.29 is 24.6 Å². The Morgan fingerprint density at radius 2 is 1.63 bits per heavy atom. The van der Waals surface area contributed by atoms with Crippen LogP contribution in [0.1, 0.15) is 35.4 Å². The van der Waals surface area contributed by atoms with Gasteiger partial charge in [-0.15, -0.1) is 0 Å². The Morgan fingerprint density at radius 3 is 2.39 bits per heavy atom. The van der Waals surface area contributed by atoms with Gasteiger partial charge in [-0.25, -0.2) is 4.79 Å². The van der Waals surface area contributed by atoms with Crippen LogP contribution in [0.5, 0.6) is 5.75 Å². The molecule has 7 nitrogen and oxygen atoms in total. The van der Waals surface area contributed by atoms with Crippen molar-refractivity contribution in [1.82, 2.24) is 4.90 Å². The number of fused-ring (bicyclic) bond motifs is 1. The van der Waals surface area contributed by atoms with Crippen molar-refractivity contribution in [3.8, 4) is 5.75 Å². The zero-order valence-corrected chi connectivity index (χ0v) is 23.1. The molecular formula is C34H36N2O5. The Morgan fingerprint density at radius 1 is 0.878 bits per heavy atom. The first kappa shape index (κ1) is 28.2. The van der Waals surface area contributed by atoms with E-state index in [1.807, 2.05) is 72.8 Å². The van der Waals surface area contributed by atoms with Crippen molar-refractivity contribution in [3.05, 3.63) is 114 Å². The van der Waals surface area contributed by atoms with E-state index in [9.17, 15) is 15.1 Å². The van der Waals surface area contributed by atoms with Crippen molar-refractivity contribution in [2.24, 2.45) is 11.1 Å². The average molecular weight is 553 g/mol. The average Bonchev–Trinajstić information content (AvgIpc) is 3.02. The van der Waals surface area contributed by atoms with Gasteiger partial charge in [0, 0.05) is 31.8 Å². The number of rotatable bonds is 11. The van der Waals surface area contributed by atoms with Crippen LogP contribution in [0.2, 0.25) is 0 Å². The largest absolute Gasteiger partial charge is 0.494 e. The third-order valence-corrected chi connectivity index (χ3v) is 7.76. The molecule has 4 aromatic rings. The highest BCUT2D eigenvalue weighted by molar-refractivity contribution is 5.91. The molecule has 1 aliphatic heterocycles. The highest BCUT2D eigenvalue weighted by atomic mass is 16.5. The summed E-state index contributed by atoms with van der Waals surface area (Å²) in [5.41, 5.74) is 3.85. The van der Waals surface area contributed by atoms with Crippen LogP contribution in [-0.2, 0) is 17.8 Å². The van der Waals surface area contributed by atoms with E-state index >= 15 is 0 Å². The second kappa shape index (κ2) is 13.8. The monoisotopic (exact) mass is 552 g/mol. The molecule has 1 heterocycles. The van der Waals surface area contributed by atoms with Gasteiger partial charge in [-0.2, -0.15) is 0 Å². The summed E-state index contributed by atoms with van der Waals surface area (Å²) >= 11 is 0. The minimum atomic E-state index is -0.951. The standard InChI is InChI=1S/C34H36N2O5/c37-34(38)36-18-17-31(32(23-36)33(35-39)22-26-11-12-27-9-4-5-10-29(27)21-26)28-13-15-30(16-14-28)41-20-6-19-40-24-25-7-2-1-3-8-25/h1-5,7-16,21,31-32,39H,6,17-20,22-24H2,(H,37,38)/b35-33-. The summed E-state index contributed by atoms with van der Waals surface area (Å²) in [6.45, 7) is 2.50. The first-order chi connectivity index (χ1) is 20.1. The van der Waals surface area contributed by atoms with Crippen LogP contribution in [0, 0.1) is 5.92 Å². The molecule has 0 saturated carbocycles. The predicted molar refractivity (Wildman–Crippen MR) is 160 cm³/mol. The summed E-state index contributed by atoms with van der Waals surface area (Å²) in [5, 5.41) is 25.8. The highest BCUT2D eigenvalue weighted by Gasteiger charge is 2.36. The normalized spacial score (nSPS) is 17.5. The topological polar surface area (TPSA) is 91.6 Å². The molecule has 1 fully saturated rings. The summed E-state index contributed by atoms with van der Waals surface area (Å²) in [7, 11) is 0. The number of ether oxygens (including phenoxy) is 2. The molecule has 0 aliphatic carbocycles. The Balaban J connectivity index is 1.21. The molecule has 1 aliphatic rings. The molecule has 0 bridgehead atoms. The quantitative estimate of drug-likeness (QED) is 0.0906. The fourth-order valence-electron chi connectivity index (χ4n) is 5.59. The van der Waals surface area contributed by atoms with Crippen LogP contribution in [0.3, 0.4) is 0 Å². The molecule has 1 amide bonds. The number of hydrogen-bond acceptors (Lipinski definition) is 5. The SMILES string of the molecule is O=C(O)N1CCC(c2ccc(OCCCOCc3ccccc3)cc2)C(/C(Cc2ccc3ccccc3c2)=N\O)C1. The molecule has 41 heavy (non-hydrogen) atoms. The van der Waals surface area contributed by atoms with Crippen LogP contribution >= 0.6 is 0 Å². The van der Waals surface area contributed by atoms with Gasteiger partial charge in [-0.3, -0.25) is 0 Å². The maximum absolute atomic E-state index is 11.8. The second-order valence-electron chi connectivity index (χ2n) is 10.5. The number of hydrogen-bond donors (Lipinski definition) is 2. The third-order valence-electron chi connectivity index (χ3n) is 7.76. The van der Waals surface area contributed by atoms with Crippen LogP contribution in [0.15, 0.2) is 102 Å². The number of carboxylic acid groups (broad SMARTS) is 1. The van der Waals surface area contributed by atoms with E-state index in [-0.39, 0.29) is 18.4 Å². The maximum Gasteiger partial charge on any atom is 0.407 e. The van der Waals surface area contributed by atoms with Crippen molar-refractivity contribution in [2.45, 2.75) is 31.8 Å². The second-order valence-corrected chi connectivity index (χ2v) is 10.5. The number of piperidine rings is 1. The Kier molecular flexibility index (Phi) is 9.49. The summed E-state index contributed by atoms with van der Waals surface area (Å²) < 4.78 is 11.7. The van der Waals surface area contributed by atoms with Gasteiger partial charge in [0.2, 0.25) is 0 Å². The molecule has 0 aromatic heterocycles.